The van der Waals surface area contributed by atoms with Gasteiger partial charge < -0.3 is 30.7 Å². The molecule has 224 valence electrons. The fraction of sp³-hybridized carbons (Fsp3) is 0.531. The number of nitrogens with zero attached hydrogens (tertiary/aromatic N) is 1. The van der Waals surface area contributed by atoms with Crippen LogP contribution < -0.4 is 20.7 Å². The van der Waals surface area contributed by atoms with Gasteiger partial charge in [-0.3, -0.25) is 14.4 Å². The first kappa shape index (κ1) is 32.1. The number of likely N-dealkylation sites (N-methyl/N-ethyl adjacent to an activating group) is 1. The molecular weight excluding hydrogens is 520 g/mol. The highest BCUT2D eigenvalue weighted by molar-refractivity contribution is 5.92. The number of nitrogens with one attached hydrogen (secondary N) is 3. The first-order valence-corrected chi connectivity index (χ1v) is 14.8. The molecule has 1 aliphatic carbocycles. The molecule has 9 heteroatoms. The number of aliphatic hydroxyl groups is 1. The van der Waals surface area contributed by atoms with Crippen molar-refractivity contribution in [2.24, 2.45) is 5.92 Å². The second-order valence-electron chi connectivity index (χ2n) is 10.8. The van der Waals surface area contributed by atoms with E-state index >= 15 is 0 Å². The average molecular weight is 567 g/mol. The maximum atomic E-state index is 13.5. The lowest BCUT2D eigenvalue weighted by Gasteiger charge is -2.35. The lowest BCUT2D eigenvalue weighted by atomic mass is 9.83. The van der Waals surface area contributed by atoms with Crippen LogP contribution in [0.2, 0.25) is 0 Å². The van der Waals surface area contributed by atoms with Crippen molar-refractivity contribution in [2.45, 2.75) is 64.0 Å². The fourth-order valence-corrected chi connectivity index (χ4v) is 5.29. The molecule has 1 aliphatic heterocycles. The minimum atomic E-state index is -1.06. The Kier molecular flexibility index (Phi) is 13.6. The Morgan fingerprint density at radius 1 is 0.902 bits per heavy atom. The second kappa shape index (κ2) is 17.4. The third kappa shape index (κ3) is 10.5. The molecule has 1 fully saturated rings. The summed E-state index contributed by atoms with van der Waals surface area (Å²) in [4.78, 5) is 39.6. The van der Waals surface area contributed by atoms with Crippen LogP contribution in [0.1, 0.15) is 49.7 Å². The predicted molar refractivity (Wildman–Crippen MR) is 159 cm³/mol. The van der Waals surface area contributed by atoms with E-state index in [1.165, 1.54) is 17.5 Å². The maximum absolute atomic E-state index is 13.5. The summed E-state index contributed by atoms with van der Waals surface area (Å²) in [7, 11) is 1.53. The monoisotopic (exact) mass is 566 g/mol. The number of aliphatic hydroxyl groups excluding tert-OH is 1. The van der Waals surface area contributed by atoms with Gasteiger partial charge in [-0.05, 0) is 50.2 Å². The summed E-state index contributed by atoms with van der Waals surface area (Å²) in [6, 6.07) is 16.6. The number of fused-ring (bicyclic) bond motifs is 1. The number of para-hydroxylation sites is 1. The van der Waals surface area contributed by atoms with Crippen LogP contribution in [0.5, 0.6) is 5.75 Å². The van der Waals surface area contributed by atoms with Crippen LogP contribution in [0, 0.1) is 12.8 Å². The highest BCUT2D eigenvalue weighted by Gasteiger charge is 2.35. The molecule has 3 amide bonds. The Hall–Kier alpha value is -3.43. The van der Waals surface area contributed by atoms with E-state index in [2.05, 4.69) is 35.0 Å². The molecule has 1 heterocycles. The molecule has 2 atom stereocenters. The van der Waals surface area contributed by atoms with Gasteiger partial charge in [-0.25, -0.2) is 0 Å². The van der Waals surface area contributed by atoms with Crippen molar-refractivity contribution in [2.75, 3.05) is 39.9 Å². The molecule has 2 aliphatic rings. The van der Waals surface area contributed by atoms with E-state index in [1.54, 1.807) is 0 Å². The topological polar surface area (TPSA) is 120 Å². The van der Waals surface area contributed by atoms with Crippen molar-refractivity contribution in [3.8, 4) is 5.75 Å². The quantitative estimate of drug-likeness (QED) is 0.444. The normalized spacial score (nSPS) is 22.0. The standard InChI is InChI=1S/C25H38N4O5.C7H8/c1-29-20(17-30)24(32)28-16-22(31)26-13-7-11-18-8-5-6-12-21(18)34-15-14-27-23(25(29)33)19-9-3-2-4-10-19;1-7-5-3-2-4-6-7/h5-6,8,12,19-20,23,27,30H,2-4,7,9-11,13-17H2,1H3,(H,26,31)(H,28,32);2-6H,1H3. The molecule has 0 radical (unpaired) electrons. The Balaban J connectivity index is 0.000000575. The van der Waals surface area contributed by atoms with E-state index in [4.69, 9.17) is 4.74 Å². The number of hydrogen-bond acceptors (Lipinski definition) is 6. The van der Waals surface area contributed by atoms with Gasteiger partial charge in [-0.15, -0.1) is 0 Å². The van der Waals surface area contributed by atoms with Crippen molar-refractivity contribution in [3.63, 3.8) is 0 Å². The number of amides is 3. The highest BCUT2D eigenvalue weighted by Crippen LogP contribution is 2.27. The van der Waals surface area contributed by atoms with Gasteiger partial charge >= 0.3 is 0 Å². The molecule has 9 nitrogen and oxygen atoms in total. The molecule has 0 spiro atoms. The van der Waals surface area contributed by atoms with Gasteiger partial charge in [0.05, 0.1) is 19.2 Å². The summed E-state index contributed by atoms with van der Waals surface area (Å²) in [5, 5.41) is 18.6. The number of aryl methyl sites for hydroxylation is 2. The first-order chi connectivity index (χ1) is 19.9. The third-order valence-corrected chi connectivity index (χ3v) is 7.68. The lowest BCUT2D eigenvalue weighted by Crippen LogP contribution is -2.57. The highest BCUT2D eigenvalue weighted by atomic mass is 16.5. The zero-order valence-electron chi connectivity index (χ0n) is 24.4. The van der Waals surface area contributed by atoms with Crippen molar-refractivity contribution < 1.29 is 24.2 Å². The summed E-state index contributed by atoms with van der Waals surface area (Å²) in [5.74, 6) is -0.121. The van der Waals surface area contributed by atoms with Gasteiger partial charge in [0, 0.05) is 20.1 Å². The van der Waals surface area contributed by atoms with E-state index in [0.29, 0.717) is 19.7 Å². The molecule has 1 saturated carbocycles. The van der Waals surface area contributed by atoms with Crippen LogP contribution in [0.15, 0.2) is 54.6 Å². The van der Waals surface area contributed by atoms with Gasteiger partial charge in [0.25, 0.3) is 0 Å². The van der Waals surface area contributed by atoms with Crippen molar-refractivity contribution in [1.29, 1.82) is 0 Å². The Labute approximate surface area is 244 Å². The molecule has 2 aromatic rings. The van der Waals surface area contributed by atoms with Gasteiger partial charge in [-0.2, -0.15) is 0 Å². The van der Waals surface area contributed by atoms with Crippen LogP contribution in [-0.4, -0.2) is 79.7 Å². The molecule has 4 rings (SSSR count). The van der Waals surface area contributed by atoms with Crippen LogP contribution >= 0.6 is 0 Å². The zero-order valence-corrected chi connectivity index (χ0v) is 24.4. The Bertz CT molecular complexity index is 1090. The molecule has 41 heavy (non-hydrogen) atoms. The summed E-state index contributed by atoms with van der Waals surface area (Å²) < 4.78 is 6.03. The summed E-state index contributed by atoms with van der Waals surface area (Å²) in [5.41, 5.74) is 2.39. The third-order valence-electron chi connectivity index (χ3n) is 7.68. The maximum Gasteiger partial charge on any atom is 0.245 e. The number of hydrogen-bond donors (Lipinski definition) is 4. The van der Waals surface area contributed by atoms with Crippen LogP contribution in [-0.2, 0) is 20.8 Å². The van der Waals surface area contributed by atoms with Gasteiger partial charge in [0.15, 0.2) is 0 Å². The Morgan fingerprint density at radius 3 is 2.29 bits per heavy atom. The van der Waals surface area contributed by atoms with Crippen molar-refractivity contribution >= 4 is 17.7 Å². The lowest BCUT2D eigenvalue weighted by molar-refractivity contribution is -0.143. The van der Waals surface area contributed by atoms with Crippen LogP contribution in [0.4, 0.5) is 0 Å². The summed E-state index contributed by atoms with van der Waals surface area (Å²) in [6.07, 6.45) is 6.67. The smallest absolute Gasteiger partial charge is 0.245 e. The number of benzene rings is 2. The van der Waals surface area contributed by atoms with E-state index in [0.717, 1.165) is 56.3 Å². The Morgan fingerprint density at radius 2 is 1.61 bits per heavy atom. The number of carbonyl (C=O) groups is 3. The van der Waals surface area contributed by atoms with Crippen LogP contribution in [0.25, 0.3) is 0 Å². The molecule has 0 aromatic heterocycles. The molecule has 2 aromatic carbocycles. The number of rotatable bonds is 2. The van der Waals surface area contributed by atoms with Crippen LogP contribution in [0.3, 0.4) is 0 Å². The van der Waals surface area contributed by atoms with E-state index in [1.807, 2.05) is 42.5 Å². The predicted octanol–water partition coefficient (Wildman–Crippen LogP) is 2.60. The fourth-order valence-electron chi connectivity index (χ4n) is 5.29. The number of carbonyl (C=O) groups excluding carboxylic acids is 3. The second-order valence-corrected chi connectivity index (χ2v) is 10.8. The van der Waals surface area contributed by atoms with E-state index < -0.39 is 24.6 Å². The molecule has 2 unspecified atom stereocenters. The minimum Gasteiger partial charge on any atom is -0.492 e. The minimum absolute atomic E-state index is 0.162. The molecule has 0 bridgehead atoms. The van der Waals surface area contributed by atoms with Crippen molar-refractivity contribution in [3.05, 3.63) is 65.7 Å². The van der Waals surface area contributed by atoms with Gasteiger partial charge in [0.2, 0.25) is 17.7 Å². The SMILES string of the molecule is CN1C(=O)C(C2CCCCC2)NCCOc2ccccc2CCCNC(=O)CNC(=O)C1CO.Cc1ccccc1. The molecular formula is C32H46N4O5. The largest absolute Gasteiger partial charge is 0.492 e. The molecule has 0 saturated heterocycles. The van der Waals surface area contributed by atoms with E-state index in [9.17, 15) is 19.5 Å². The first-order valence-electron chi connectivity index (χ1n) is 14.8. The van der Waals surface area contributed by atoms with Gasteiger partial charge in [0.1, 0.15) is 18.4 Å². The zero-order chi connectivity index (χ0) is 29.5. The average Bonchev–Trinajstić information content (AvgIpc) is 2.99. The summed E-state index contributed by atoms with van der Waals surface area (Å²) in [6.45, 7) is 2.71. The van der Waals surface area contributed by atoms with Crippen molar-refractivity contribution in [1.82, 2.24) is 20.9 Å². The molecule has 4 N–H and O–H groups in total. The number of ether oxygens (including phenoxy) is 1. The van der Waals surface area contributed by atoms with Gasteiger partial charge in [-0.1, -0.05) is 73.4 Å². The van der Waals surface area contributed by atoms with E-state index in [-0.39, 0.29) is 24.3 Å². The summed E-state index contributed by atoms with van der Waals surface area (Å²) >= 11 is 0.